The molecule has 1 aliphatic rings. The Morgan fingerprint density at radius 1 is 1.25 bits per heavy atom. The lowest BCUT2D eigenvalue weighted by atomic mass is 9.76. The summed E-state index contributed by atoms with van der Waals surface area (Å²) < 4.78 is 33.8. The average molecular weight is 459 g/mol. The fourth-order valence-electron chi connectivity index (χ4n) is 4.34. The van der Waals surface area contributed by atoms with E-state index < -0.39 is 17.5 Å². The molecule has 3 atom stereocenters. The number of halogens is 2. The molecular formula is C23H24F2N4O2S. The summed E-state index contributed by atoms with van der Waals surface area (Å²) in [5, 5.41) is 4.39. The van der Waals surface area contributed by atoms with Crippen LogP contribution in [0.1, 0.15) is 48.2 Å². The maximum absolute atomic E-state index is 14.6. The molecule has 1 fully saturated rings. The van der Waals surface area contributed by atoms with Gasteiger partial charge in [-0.25, -0.2) is 13.8 Å². The Kier molecular flexibility index (Phi) is 6.48. The summed E-state index contributed by atoms with van der Waals surface area (Å²) in [7, 11) is 1.30. The number of ether oxygens (including phenoxy) is 1. The number of hydrogen-bond acceptors (Lipinski definition) is 6. The number of benzene rings is 1. The Balaban J connectivity index is 1.58. The SMILES string of the molecule is COc1ccc(F)c(-c2nc(C(=O)Nc3cnccc3C3CC(C)CC(N)C3)cs2)c1F. The fraction of sp³-hybridized carbons (Fsp3) is 0.348. The van der Waals surface area contributed by atoms with Crippen molar-refractivity contribution in [2.24, 2.45) is 11.7 Å². The van der Waals surface area contributed by atoms with Crippen LogP contribution in [0.3, 0.4) is 0 Å². The number of carbonyl (C=O) groups excluding carboxylic acids is 1. The van der Waals surface area contributed by atoms with Crippen molar-refractivity contribution in [1.82, 2.24) is 9.97 Å². The predicted octanol–water partition coefficient (Wildman–Crippen LogP) is 4.98. The Morgan fingerprint density at radius 3 is 2.81 bits per heavy atom. The quantitative estimate of drug-likeness (QED) is 0.563. The molecule has 1 amide bonds. The molecule has 32 heavy (non-hydrogen) atoms. The number of hydrogen-bond donors (Lipinski definition) is 2. The van der Waals surface area contributed by atoms with Crippen LogP contribution < -0.4 is 15.8 Å². The van der Waals surface area contributed by atoms with Gasteiger partial charge < -0.3 is 15.8 Å². The minimum absolute atomic E-state index is 0.0579. The topological polar surface area (TPSA) is 90.1 Å². The zero-order chi connectivity index (χ0) is 22.8. The molecule has 6 nitrogen and oxygen atoms in total. The lowest BCUT2D eigenvalue weighted by Crippen LogP contribution is -2.31. The van der Waals surface area contributed by atoms with Crippen LogP contribution in [0.2, 0.25) is 0 Å². The molecule has 0 bridgehead atoms. The van der Waals surface area contributed by atoms with E-state index in [9.17, 15) is 13.6 Å². The maximum Gasteiger partial charge on any atom is 0.275 e. The van der Waals surface area contributed by atoms with Gasteiger partial charge in [-0.05, 0) is 54.9 Å². The lowest BCUT2D eigenvalue weighted by molar-refractivity contribution is 0.102. The van der Waals surface area contributed by atoms with Crippen LogP contribution in [0, 0.1) is 17.6 Å². The molecule has 3 unspecified atom stereocenters. The average Bonchev–Trinajstić information content (AvgIpc) is 3.23. The zero-order valence-electron chi connectivity index (χ0n) is 17.8. The molecule has 3 aromatic rings. The third-order valence-corrected chi connectivity index (χ3v) is 6.61. The molecule has 3 N–H and O–H groups in total. The first-order chi connectivity index (χ1) is 15.4. The number of aromatic nitrogens is 2. The second-order valence-electron chi connectivity index (χ2n) is 8.16. The number of thiazole rings is 1. The molecule has 168 valence electrons. The van der Waals surface area contributed by atoms with Gasteiger partial charge in [0.1, 0.15) is 16.5 Å². The standard InChI is InChI=1S/C23H24F2N4O2S/c1-12-7-13(9-14(26)8-12)15-5-6-27-10-17(15)28-22(30)18-11-32-23(29-18)20-16(24)3-4-19(31-2)21(20)25/h3-6,10-14H,7-9,26H2,1-2H3,(H,28,30). The molecule has 0 spiro atoms. The first-order valence-electron chi connectivity index (χ1n) is 10.4. The number of methoxy groups -OCH3 is 1. The summed E-state index contributed by atoms with van der Waals surface area (Å²) in [4.78, 5) is 21.2. The Hall–Kier alpha value is -2.91. The van der Waals surface area contributed by atoms with Gasteiger partial charge in [-0.1, -0.05) is 6.92 Å². The number of amides is 1. The molecule has 4 rings (SSSR count). The molecule has 1 aromatic carbocycles. The van der Waals surface area contributed by atoms with E-state index in [1.165, 1.54) is 18.6 Å². The monoisotopic (exact) mass is 458 g/mol. The van der Waals surface area contributed by atoms with Crippen molar-refractivity contribution in [3.05, 3.63) is 58.9 Å². The van der Waals surface area contributed by atoms with Crippen molar-refractivity contribution in [2.45, 2.75) is 38.1 Å². The van der Waals surface area contributed by atoms with E-state index in [2.05, 4.69) is 22.2 Å². The third-order valence-electron chi connectivity index (χ3n) is 5.75. The zero-order valence-corrected chi connectivity index (χ0v) is 18.6. The van der Waals surface area contributed by atoms with Gasteiger partial charge in [0.15, 0.2) is 11.6 Å². The predicted molar refractivity (Wildman–Crippen MR) is 120 cm³/mol. The molecule has 2 heterocycles. The van der Waals surface area contributed by atoms with Crippen LogP contribution in [-0.4, -0.2) is 29.0 Å². The van der Waals surface area contributed by atoms with Crippen LogP contribution in [0.25, 0.3) is 10.6 Å². The highest BCUT2D eigenvalue weighted by molar-refractivity contribution is 7.13. The van der Waals surface area contributed by atoms with E-state index in [0.717, 1.165) is 42.2 Å². The van der Waals surface area contributed by atoms with Gasteiger partial charge in [0.25, 0.3) is 5.91 Å². The number of pyridine rings is 1. The highest BCUT2D eigenvalue weighted by atomic mass is 32.1. The largest absolute Gasteiger partial charge is 0.494 e. The molecule has 9 heteroatoms. The van der Waals surface area contributed by atoms with Crippen LogP contribution >= 0.6 is 11.3 Å². The lowest BCUT2D eigenvalue weighted by Gasteiger charge is -2.32. The smallest absolute Gasteiger partial charge is 0.275 e. The van der Waals surface area contributed by atoms with Gasteiger partial charge in [-0.15, -0.1) is 11.3 Å². The van der Waals surface area contributed by atoms with Gasteiger partial charge in [0.2, 0.25) is 0 Å². The van der Waals surface area contributed by atoms with E-state index in [1.54, 1.807) is 12.4 Å². The molecule has 0 aliphatic heterocycles. The van der Waals surface area contributed by atoms with Gasteiger partial charge >= 0.3 is 0 Å². The molecule has 2 aromatic heterocycles. The van der Waals surface area contributed by atoms with Crippen LogP contribution in [0.5, 0.6) is 5.75 Å². The van der Waals surface area contributed by atoms with Crippen LogP contribution in [-0.2, 0) is 0 Å². The summed E-state index contributed by atoms with van der Waals surface area (Å²) >= 11 is 0.982. The first kappa shape index (κ1) is 22.3. The Bertz CT molecular complexity index is 1130. The number of nitrogens with zero attached hydrogens (tertiary/aromatic N) is 2. The van der Waals surface area contributed by atoms with Gasteiger partial charge in [-0.2, -0.15) is 0 Å². The van der Waals surface area contributed by atoms with Gasteiger partial charge in [0, 0.05) is 17.6 Å². The van der Waals surface area contributed by atoms with Crippen LogP contribution in [0.4, 0.5) is 14.5 Å². The van der Waals surface area contributed by atoms with E-state index >= 15 is 0 Å². The van der Waals surface area contributed by atoms with Crippen LogP contribution in [0.15, 0.2) is 36.0 Å². The van der Waals surface area contributed by atoms with E-state index in [1.807, 2.05) is 6.07 Å². The van der Waals surface area contributed by atoms with E-state index in [4.69, 9.17) is 10.5 Å². The molecule has 0 saturated heterocycles. The summed E-state index contributed by atoms with van der Waals surface area (Å²) in [6, 6.07) is 4.33. The maximum atomic E-state index is 14.6. The number of rotatable bonds is 5. The van der Waals surface area contributed by atoms with E-state index in [-0.39, 0.29) is 34.0 Å². The third kappa shape index (κ3) is 4.49. The summed E-state index contributed by atoms with van der Waals surface area (Å²) in [5.41, 5.74) is 7.54. The molecule has 1 saturated carbocycles. The molecule has 1 aliphatic carbocycles. The summed E-state index contributed by atoms with van der Waals surface area (Å²) in [6.07, 6.45) is 6.11. The Morgan fingerprint density at radius 2 is 2.06 bits per heavy atom. The second-order valence-corrected chi connectivity index (χ2v) is 9.02. The van der Waals surface area contributed by atoms with Gasteiger partial charge in [0.05, 0.1) is 24.6 Å². The number of anilines is 1. The van der Waals surface area contributed by atoms with Crippen molar-refractivity contribution in [3.63, 3.8) is 0 Å². The number of carbonyl (C=O) groups is 1. The minimum atomic E-state index is -0.855. The van der Waals surface area contributed by atoms with Crippen molar-refractivity contribution in [1.29, 1.82) is 0 Å². The van der Waals surface area contributed by atoms with E-state index in [0.29, 0.717) is 11.6 Å². The number of nitrogens with one attached hydrogen (secondary N) is 1. The second kappa shape index (κ2) is 9.30. The normalized spacial score (nSPS) is 20.7. The first-order valence-corrected chi connectivity index (χ1v) is 11.2. The van der Waals surface area contributed by atoms with Crippen molar-refractivity contribution in [3.8, 4) is 16.3 Å². The van der Waals surface area contributed by atoms with Gasteiger partial charge in [-0.3, -0.25) is 9.78 Å². The van der Waals surface area contributed by atoms with Crippen molar-refractivity contribution in [2.75, 3.05) is 12.4 Å². The van der Waals surface area contributed by atoms with Crippen molar-refractivity contribution >= 4 is 22.9 Å². The number of nitrogens with two attached hydrogens (primary N) is 1. The summed E-state index contributed by atoms with van der Waals surface area (Å²) in [5.74, 6) is -1.48. The highest BCUT2D eigenvalue weighted by Gasteiger charge is 2.28. The molecular weight excluding hydrogens is 434 g/mol. The minimum Gasteiger partial charge on any atom is -0.494 e. The molecule has 0 radical (unpaired) electrons. The summed E-state index contributed by atoms with van der Waals surface area (Å²) in [6.45, 7) is 2.18. The Labute approximate surface area is 188 Å². The van der Waals surface area contributed by atoms with Crippen molar-refractivity contribution < 1.29 is 18.3 Å². The fourth-order valence-corrected chi connectivity index (χ4v) is 5.18. The highest BCUT2D eigenvalue weighted by Crippen LogP contribution is 2.38.